The molecule has 2 aromatic heterocycles. The number of ether oxygens (including phenoxy) is 3. The third-order valence-corrected chi connectivity index (χ3v) is 5.89. The Kier molecular flexibility index (Phi) is 5.54. The molecule has 0 fully saturated rings. The zero-order chi connectivity index (χ0) is 22.8. The Bertz CT molecular complexity index is 1360. The smallest absolute Gasteiger partial charge is 0.249 e. The molecule has 3 heterocycles. The fourth-order valence-corrected chi connectivity index (χ4v) is 4.31. The number of imidazole rings is 1. The number of aryl methyl sites for hydroxylation is 1. The van der Waals surface area contributed by atoms with Crippen LogP contribution in [-0.4, -0.2) is 34.3 Å². The van der Waals surface area contributed by atoms with Crippen molar-refractivity contribution in [1.29, 1.82) is 0 Å². The molecule has 2 aromatic carbocycles. The van der Waals surface area contributed by atoms with Crippen LogP contribution in [-0.2, 0) is 4.79 Å². The third-order valence-electron chi connectivity index (χ3n) is 5.06. The number of thiazole rings is 1. The maximum Gasteiger partial charge on any atom is 0.249 e. The highest BCUT2D eigenvalue weighted by atomic mass is 32.1. The summed E-state index contributed by atoms with van der Waals surface area (Å²) in [5.41, 5.74) is 2.61. The van der Waals surface area contributed by atoms with Crippen molar-refractivity contribution in [2.75, 3.05) is 19.2 Å². The number of fused-ring (bicyclic) bond motifs is 1. The quantitative estimate of drug-likeness (QED) is 0.420. The summed E-state index contributed by atoms with van der Waals surface area (Å²) in [6.07, 6.45) is 4.80. The van der Waals surface area contributed by atoms with Crippen molar-refractivity contribution >= 4 is 29.1 Å². The van der Waals surface area contributed by atoms with E-state index < -0.39 is 0 Å². The van der Waals surface area contributed by atoms with Gasteiger partial charge in [-0.1, -0.05) is 18.2 Å². The molecule has 0 aliphatic carbocycles. The molecule has 0 spiro atoms. The molecule has 0 bridgehead atoms. The fourth-order valence-electron chi connectivity index (χ4n) is 3.41. The van der Waals surface area contributed by atoms with Crippen molar-refractivity contribution in [1.82, 2.24) is 14.5 Å². The largest absolute Gasteiger partial charge is 0.497 e. The molecule has 1 N–H and O–H groups in total. The number of aromatic nitrogens is 3. The molecular weight excluding hydrogens is 440 g/mol. The van der Waals surface area contributed by atoms with Crippen LogP contribution < -0.4 is 19.5 Å². The van der Waals surface area contributed by atoms with E-state index in [1.54, 1.807) is 19.4 Å². The van der Waals surface area contributed by atoms with Crippen LogP contribution in [0.2, 0.25) is 0 Å². The van der Waals surface area contributed by atoms with E-state index in [2.05, 4.69) is 10.3 Å². The number of carbonyl (C=O) groups is 1. The molecule has 1 aliphatic heterocycles. The van der Waals surface area contributed by atoms with Crippen molar-refractivity contribution in [3.8, 4) is 33.6 Å². The average Bonchev–Trinajstić information content (AvgIpc) is 3.57. The van der Waals surface area contributed by atoms with Gasteiger partial charge in [-0.3, -0.25) is 9.36 Å². The second-order valence-corrected chi connectivity index (χ2v) is 8.05. The molecule has 33 heavy (non-hydrogen) atoms. The normalized spacial score (nSPS) is 12.3. The molecule has 4 aromatic rings. The lowest BCUT2D eigenvalue weighted by Gasteiger charge is -2.07. The van der Waals surface area contributed by atoms with Gasteiger partial charge < -0.3 is 19.5 Å². The third kappa shape index (κ3) is 4.31. The fraction of sp³-hybridized carbons (Fsp3) is 0.125. The van der Waals surface area contributed by atoms with Crippen LogP contribution in [0, 0.1) is 6.92 Å². The van der Waals surface area contributed by atoms with Gasteiger partial charge in [0.25, 0.3) is 0 Å². The zero-order valence-electron chi connectivity index (χ0n) is 17.9. The van der Waals surface area contributed by atoms with Gasteiger partial charge in [0.05, 0.1) is 19.0 Å². The molecule has 1 aliphatic rings. The zero-order valence-corrected chi connectivity index (χ0v) is 18.8. The molecule has 5 rings (SSSR count). The monoisotopic (exact) mass is 460 g/mol. The lowest BCUT2D eigenvalue weighted by atomic mass is 10.2. The van der Waals surface area contributed by atoms with Crippen LogP contribution in [0.1, 0.15) is 11.4 Å². The summed E-state index contributed by atoms with van der Waals surface area (Å²) >= 11 is 1.47. The van der Waals surface area contributed by atoms with Crippen molar-refractivity contribution in [2.45, 2.75) is 6.92 Å². The van der Waals surface area contributed by atoms with Gasteiger partial charge in [0, 0.05) is 17.0 Å². The molecule has 0 atom stereocenters. The summed E-state index contributed by atoms with van der Waals surface area (Å²) in [6, 6.07) is 13.2. The van der Waals surface area contributed by atoms with Gasteiger partial charge in [-0.2, -0.15) is 0 Å². The van der Waals surface area contributed by atoms with E-state index in [0.29, 0.717) is 22.4 Å². The molecule has 9 heteroatoms. The molecule has 0 saturated heterocycles. The Morgan fingerprint density at radius 3 is 2.97 bits per heavy atom. The number of methoxy groups -OCH3 is 1. The number of rotatable bonds is 6. The number of nitrogens with zero attached hydrogens (tertiary/aromatic N) is 3. The number of nitrogens with one attached hydrogen (secondary N) is 1. The lowest BCUT2D eigenvalue weighted by Crippen LogP contribution is -2.12. The molecule has 8 nitrogen and oxygen atoms in total. The Morgan fingerprint density at radius 2 is 2.09 bits per heavy atom. The Balaban J connectivity index is 1.34. The minimum Gasteiger partial charge on any atom is -0.497 e. The molecule has 1 amide bonds. The summed E-state index contributed by atoms with van der Waals surface area (Å²) in [4.78, 5) is 21.7. The van der Waals surface area contributed by atoms with Gasteiger partial charge in [-0.05, 0) is 42.8 Å². The second-order valence-electron chi connectivity index (χ2n) is 7.21. The molecule has 0 unspecified atom stereocenters. The molecule has 166 valence electrons. The standard InChI is InChI=1S/C24H20N4O4S/c1-15-25-12-22(27-23(29)9-7-16-6-8-20-21(10-16)32-14-31-20)28(15)24-26-19(13-33-24)17-4-3-5-18(11-17)30-2/h3-13H,14H2,1-2H3,(H,27,29). The average molecular weight is 461 g/mol. The van der Waals surface area contributed by atoms with Crippen LogP contribution in [0.5, 0.6) is 17.2 Å². The molecule has 0 radical (unpaired) electrons. The Labute approximate surface area is 194 Å². The maximum absolute atomic E-state index is 12.6. The maximum atomic E-state index is 12.6. The number of carbonyl (C=O) groups excluding carboxylic acids is 1. The summed E-state index contributed by atoms with van der Waals surface area (Å²) < 4.78 is 17.8. The summed E-state index contributed by atoms with van der Waals surface area (Å²) in [6.45, 7) is 2.08. The highest BCUT2D eigenvalue weighted by Gasteiger charge is 2.15. The first kappa shape index (κ1) is 20.8. The van der Waals surface area contributed by atoms with Crippen LogP contribution in [0.25, 0.3) is 22.5 Å². The van der Waals surface area contributed by atoms with Gasteiger partial charge in [-0.15, -0.1) is 11.3 Å². The van der Waals surface area contributed by atoms with E-state index in [0.717, 1.165) is 28.4 Å². The minimum atomic E-state index is -0.279. The van der Waals surface area contributed by atoms with Crippen molar-refractivity contribution in [2.24, 2.45) is 0 Å². The van der Waals surface area contributed by atoms with Gasteiger partial charge in [-0.25, -0.2) is 9.97 Å². The van der Waals surface area contributed by atoms with Gasteiger partial charge in [0.2, 0.25) is 12.7 Å². The van der Waals surface area contributed by atoms with Crippen LogP contribution in [0.15, 0.2) is 60.1 Å². The summed E-state index contributed by atoms with van der Waals surface area (Å²) in [5, 5.41) is 5.56. The first-order valence-corrected chi connectivity index (χ1v) is 11.0. The first-order valence-electron chi connectivity index (χ1n) is 10.1. The minimum absolute atomic E-state index is 0.211. The van der Waals surface area contributed by atoms with Crippen LogP contribution in [0.4, 0.5) is 5.82 Å². The number of hydrogen-bond acceptors (Lipinski definition) is 7. The lowest BCUT2D eigenvalue weighted by molar-refractivity contribution is -0.111. The van der Waals surface area contributed by atoms with E-state index >= 15 is 0 Å². The van der Waals surface area contributed by atoms with E-state index in [1.807, 2.05) is 59.3 Å². The van der Waals surface area contributed by atoms with Gasteiger partial charge in [0.15, 0.2) is 16.6 Å². The Hall–Kier alpha value is -4.11. The predicted molar refractivity (Wildman–Crippen MR) is 126 cm³/mol. The van der Waals surface area contributed by atoms with Gasteiger partial charge in [0.1, 0.15) is 17.4 Å². The van der Waals surface area contributed by atoms with E-state index in [-0.39, 0.29) is 12.7 Å². The predicted octanol–water partition coefficient (Wildman–Crippen LogP) is 4.69. The summed E-state index contributed by atoms with van der Waals surface area (Å²) in [5.74, 6) is 3.12. The number of hydrogen-bond donors (Lipinski definition) is 1. The van der Waals surface area contributed by atoms with Crippen LogP contribution in [0.3, 0.4) is 0 Å². The van der Waals surface area contributed by atoms with Crippen molar-refractivity contribution in [3.63, 3.8) is 0 Å². The topological polar surface area (TPSA) is 87.5 Å². The SMILES string of the molecule is COc1cccc(-c2csc(-n3c(NC(=O)C=Cc4ccc5c(c4)OCO5)cnc3C)n2)c1. The highest BCUT2D eigenvalue weighted by Crippen LogP contribution is 2.33. The van der Waals surface area contributed by atoms with E-state index in [1.165, 1.54) is 17.4 Å². The van der Waals surface area contributed by atoms with Gasteiger partial charge >= 0.3 is 0 Å². The second kappa shape index (κ2) is 8.79. The van der Waals surface area contributed by atoms with Crippen molar-refractivity contribution < 1.29 is 19.0 Å². The van der Waals surface area contributed by atoms with Crippen molar-refractivity contribution in [3.05, 3.63) is 71.5 Å². The van der Waals surface area contributed by atoms with E-state index in [9.17, 15) is 4.79 Å². The van der Waals surface area contributed by atoms with Crippen LogP contribution >= 0.6 is 11.3 Å². The summed E-state index contributed by atoms with van der Waals surface area (Å²) in [7, 11) is 1.64. The highest BCUT2D eigenvalue weighted by molar-refractivity contribution is 7.12. The Morgan fingerprint density at radius 1 is 1.21 bits per heavy atom. The number of anilines is 1. The number of amides is 1. The van der Waals surface area contributed by atoms with E-state index in [4.69, 9.17) is 19.2 Å². The first-order chi connectivity index (χ1) is 16.1. The molecule has 0 saturated carbocycles. The molecular formula is C24H20N4O4S. The number of benzene rings is 2.